The molecule has 2 N–H and O–H groups in total. The van der Waals surface area contributed by atoms with Crippen LogP contribution in [0.2, 0.25) is 5.02 Å². The van der Waals surface area contributed by atoms with Gasteiger partial charge in [-0.1, -0.05) is 17.7 Å². The molecule has 1 unspecified atom stereocenters. The van der Waals surface area contributed by atoms with Crippen molar-refractivity contribution in [1.29, 1.82) is 0 Å². The first-order chi connectivity index (χ1) is 7.68. The van der Waals surface area contributed by atoms with Crippen LogP contribution in [-0.4, -0.2) is 18.2 Å². The Morgan fingerprint density at radius 1 is 1.50 bits per heavy atom. The number of halogens is 2. The largest absolute Gasteiger partial charge is 0.506 e. The maximum atomic E-state index is 13.7. The summed E-state index contributed by atoms with van der Waals surface area (Å²) in [6.45, 7) is 1.98. The Hall–Kier alpha value is -0.800. The second-order valence-corrected chi connectivity index (χ2v) is 4.67. The molecule has 0 radical (unpaired) electrons. The smallest absolute Gasteiger partial charge is 0.148 e. The Bertz CT molecular complexity index is 378. The van der Waals surface area contributed by atoms with Crippen molar-refractivity contribution in [2.75, 3.05) is 13.1 Å². The van der Waals surface area contributed by atoms with Crippen molar-refractivity contribution in [3.63, 3.8) is 0 Å². The van der Waals surface area contributed by atoms with Gasteiger partial charge in [0.2, 0.25) is 0 Å². The molecule has 1 aliphatic rings. The molecule has 1 saturated heterocycles. The molecule has 0 aliphatic carbocycles. The molecule has 1 aromatic carbocycles. The zero-order valence-electron chi connectivity index (χ0n) is 8.97. The van der Waals surface area contributed by atoms with Gasteiger partial charge in [-0.15, -0.1) is 0 Å². The zero-order chi connectivity index (χ0) is 11.5. The number of benzene rings is 1. The number of hydrogen-bond acceptors (Lipinski definition) is 2. The summed E-state index contributed by atoms with van der Waals surface area (Å²) < 4.78 is 13.7. The molecule has 2 nitrogen and oxygen atoms in total. The van der Waals surface area contributed by atoms with E-state index in [1.54, 1.807) is 6.07 Å². The number of nitrogens with one attached hydrogen (secondary N) is 1. The molecule has 1 heterocycles. The van der Waals surface area contributed by atoms with Crippen LogP contribution in [0.4, 0.5) is 4.39 Å². The topological polar surface area (TPSA) is 32.3 Å². The standard InChI is InChI=1S/C12H15ClFNO/c13-11-10(16)4-3-9(12(11)14)6-8-2-1-5-15-7-8/h3-4,8,15-16H,1-2,5-7H2. The highest BCUT2D eigenvalue weighted by molar-refractivity contribution is 6.32. The van der Waals surface area contributed by atoms with Gasteiger partial charge in [-0.25, -0.2) is 4.39 Å². The van der Waals surface area contributed by atoms with E-state index in [1.807, 2.05) is 0 Å². The fourth-order valence-electron chi connectivity index (χ4n) is 2.15. The summed E-state index contributed by atoms with van der Waals surface area (Å²) in [5.41, 5.74) is 0.594. The number of phenols is 1. The molecule has 0 saturated carbocycles. The molecule has 0 aromatic heterocycles. The predicted molar refractivity (Wildman–Crippen MR) is 62.4 cm³/mol. The Labute approximate surface area is 99.4 Å². The van der Waals surface area contributed by atoms with Crippen LogP contribution in [-0.2, 0) is 6.42 Å². The van der Waals surface area contributed by atoms with E-state index in [1.165, 1.54) is 6.07 Å². The van der Waals surface area contributed by atoms with Crippen molar-refractivity contribution in [3.05, 3.63) is 28.5 Å². The second-order valence-electron chi connectivity index (χ2n) is 4.29. The highest BCUT2D eigenvalue weighted by Gasteiger charge is 2.17. The van der Waals surface area contributed by atoms with Gasteiger partial charge in [-0.2, -0.15) is 0 Å². The summed E-state index contributed by atoms with van der Waals surface area (Å²) in [6.07, 6.45) is 2.93. The first kappa shape index (κ1) is 11.7. The monoisotopic (exact) mass is 243 g/mol. The molecule has 4 heteroatoms. The average Bonchev–Trinajstić information content (AvgIpc) is 2.31. The first-order valence-electron chi connectivity index (χ1n) is 5.55. The summed E-state index contributed by atoms with van der Waals surface area (Å²) >= 11 is 5.66. The molecule has 1 aliphatic heterocycles. The number of piperidine rings is 1. The SMILES string of the molecule is Oc1ccc(CC2CCCNC2)c(F)c1Cl. The minimum Gasteiger partial charge on any atom is -0.506 e. The number of aromatic hydroxyl groups is 1. The molecule has 0 bridgehead atoms. The second kappa shape index (κ2) is 5.02. The van der Waals surface area contributed by atoms with E-state index in [0.29, 0.717) is 17.9 Å². The van der Waals surface area contributed by atoms with Crippen molar-refractivity contribution in [3.8, 4) is 5.75 Å². The van der Waals surface area contributed by atoms with Crippen molar-refractivity contribution in [2.45, 2.75) is 19.3 Å². The van der Waals surface area contributed by atoms with Crippen molar-refractivity contribution in [2.24, 2.45) is 5.92 Å². The summed E-state index contributed by atoms with van der Waals surface area (Å²) in [7, 11) is 0. The van der Waals surface area contributed by atoms with Gasteiger partial charge in [0, 0.05) is 0 Å². The van der Waals surface area contributed by atoms with Crippen LogP contribution in [0.15, 0.2) is 12.1 Å². The van der Waals surface area contributed by atoms with Gasteiger partial charge in [-0.05, 0) is 49.9 Å². The van der Waals surface area contributed by atoms with E-state index in [4.69, 9.17) is 11.6 Å². The molecule has 0 amide bonds. The van der Waals surface area contributed by atoms with Crippen LogP contribution in [0.3, 0.4) is 0 Å². The number of rotatable bonds is 2. The van der Waals surface area contributed by atoms with Crippen molar-refractivity contribution in [1.82, 2.24) is 5.32 Å². The van der Waals surface area contributed by atoms with Gasteiger partial charge in [0.05, 0.1) is 0 Å². The van der Waals surface area contributed by atoms with Crippen LogP contribution >= 0.6 is 11.6 Å². The Kier molecular flexibility index (Phi) is 3.66. The molecule has 1 fully saturated rings. The molecule has 88 valence electrons. The fraction of sp³-hybridized carbons (Fsp3) is 0.500. The van der Waals surface area contributed by atoms with E-state index in [2.05, 4.69) is 5.32 Å². The van der Waals surface area contributed by atoms with Gasteiger partial charge in [0.1, 0.15) is 16.6 Å². The van der Waals surface area contributed by atoms with Gasteiger partial charge in [0.15, 0.2) is 0 Å². The van der Waals surface area contributed by atoms with Crippen LogP contribution in [0.1, 0.15) is 18.4 Å². The van der Waals surface area contributed by atoms with Gasteiger partial charge < -0.3 is 10.4 Å². The summed E-state index contributed by atoms with van der Waals surface area (Å²) in [4.78, 5) is 0. The van der Waals surface area contributed by atoms with Crippen LogP contribution < -0.4 is 5.32 Å². The number of hydrogen-bond donors (Lipinski definition) is 2. The number of phenolic OH excluding ortho intramolecular Hbond substituents is 1. The van der Waals surface area contributed by atoms with Crippen LogP contribution in [0.25, 0.3) is 0 Å². The third kappa shape index (κ3) is 2.47. The van der Waals surface area contributed by atoms with Gasteiger partial charge in [-0.3, -0.25) is 0 Å². The van der Waals surface area contributed by atoms with Gasteiger partial charge in [0.25, 0.3) is 0 Å². The fourth-order valence-corrected chi connectivity index (χ4v) is 2.33. The third-order valence-corrected chi connectivity index (χ3v) is 3.41. The zero-order valence-corrected chi connectivity index (χ0v) is 9.73. The lowest BCUT2D eigenvalue weighted by Crippen LogP contribution is -2.31. The summed E-state index contributed by atoms with van der Waals surface area (Å²) in [6, 6.07) is 3.07. The molecule has 1 aromatic rings. The molecular formula is C12H15ClFNO. The molecular weight excluding hydrogens is 229 g/mol. The Morgan fingerprint density at radius 2 is 2.31 bits per heavy atom. The summed E-state index contributed by atoms with van der Waals surface area (Å²) in [5.74, 6) is -0.208. The minimum absolute atomic E-state index is 0.165. The average molecular weight is 244 g/mol. The molecule has 1 atom stereocenters. The van der Waals surface area contributed by atoms with E-state index in [-0.39, 0.29) is 10.8 Å². The molecule has 0 spiro atoms. The predicted octanol–water partition coefficient (Wildman–Crippen LogP) is 2.73. The lowest BCUT2D eigenvalue weighted by atomic mass is 9.92. The van der Waals surface area contributed by atoms with E-state index < -0.39 is 5.82 Å². The summed E-state index contributed by atoms with van der Waals surface area (Å²) in [5, 5.41) is 12.4. The highest BCUT2D eigenvalue weighted by atomic mass is 35.5. The van der Waals surface area contributed by atoms with E-state index >= 15 is 0 Å². The van der Waals surface area contributed by atoms with Gasteiger partial charge >= 0.3 is 0 Å². The minimum atomic E-state index is -0.479. The maximum absolute atomic E-state index is 13.7. The third-order valence-electron chi connectivity index (χ3n) is 3.05. The quantitative estimate of drug-likeness (QED) is 0.837. The van der Waals surface area contributed by atoms with Crippen LogP contribution in [0, 0.1) is 11.7 Å². The first-order valence-corrected chi connectivity index (χ1v) is 5.93. The maximum Gasteiger partial charge on any atom is 0.148 e. The lowest BCUT2D eigenvalue weighted by molar-refractivity contribution is 0.371. The lowest BCUT2D eigenvalue weighted by Gasteiger charge is -2.23. The Morgan fingerprint density at radius 3 is 3.00 bits per heavy atom. The van der Waals surface area contributed by atoms with E-state index in [0.717, 1.165) is 25.9 Å². The van der Waals surface area contributed by atoms with Crippen molar-refractivity contribution < 1.29 is 9.50 Å². The molecule has 16 heavy (non-hydrogen) atoms. The van der Waals surface area contributed by atoms with Crippen LogP contribution in [0.5, 0.6) is 5.75 Å². The van der Waals surface area contributed by atoms with E-state index in [9.17, 15) is 9.50 Å². The Balaban J connectivity index is 2.11. The molecule has 2 rings (SSSR count). The highest BCUT2D eigenvalue weighted by Crippen LogP contribution is 2.30. The van der Waals surface area contributed by atoms with Crippen molar-refractivity contribution >= 4 is 11.6 Å². The normalized spacial score (nSPS) is 21.0.